The van der Waals surface area contributed by atoms with Gasteiger partial charge in [0.2, 0.25) is 0 Å². The number of hydrogen-bond donors (Lipinski definition) is 0. The quantitative estimate of drug-likeness (QED) is 0.102. The molecule has 0 saturated carbocycles. The fraction of sp³-hybridized carbons (Fsp3) is 0. The first-order valence-electron chi connectivity index (χ1n) is 27.8. The van der Waals surface area contributed by atoms with Gasteiger partial charge in [-0.2, -0.15) is 0 Å². The topological polar surface area (TPSA) is 34.1 Å². The van der Waals surface area contributed by atoms with Gasteiger partial charge in [-0.3, -0.25) is 9.59 Å². The van der Waals surface area contributed by atoms with Crippen molar-refractivity contribution in [2.45, 2.75) is 0 Å². The predicted molar refractivity (Wildman–Crippen MR) is 341 cm³/mol. The number of ketones is 2. The van der Waals surface area contributed by atoms with Crippen LogP contribution in [0.15, 0.2) is 328 Å². The molecule has 0 amide bonds. The van der Waals surface area contributed by atoms with Crippen molar-refractivity contribution < 1.29 is 9.59 Å². The molecule has 13 aromatic carbocycles. The van der Waals surface area contributed by atoms with Crippen molar-refractivity contribution in [3.05, 3.63) is 350 Å². The van der Waals surface area contributed by atoms with Gasteiger partial charge in [0.05, 0.1) is 0 Å². The van der Waals surface area contributed by atoms with E-state index in [2.05, 4.69) is 206 Å². The third-order valence-electron chi connectivity index (χ3n) is 15.5. The van der Waals surface area contributed by atoms with Crippen LogP contribution in [0.5, 0.6) is 0 Å². The van der Waals surface area contributed by atoms with Gasteiger partial charge in [-0.15, -0.1) is 0 Å². The number of benzene rings is 13. The number of hydrogen-bond acceptors (Lipinski definition) is 2. The molecule has 2 heteroatoms. The molecule has 0 aliphatic carbocycles. The molecule has 2 nitrogen and oxygen atoms in total. The molecule has 0 aromatic heterocycles. The fourth-order valence-corrected chi connectivity index (χ4v) is 11.5. The monoisotopic (exact) mass is 1050 g/mol. The second kappa shape index (κ2) is 22.9. The van der Waals surface area contributed by atoms with Crippen LogP contribution < -0.4 is 0 Å². The molecule has 0 N–H and O–H groups in total. The molecule has 0 aliphatic heterocycles. The molecule has 0 radical (unpaired) electrons. The summed E-state index contributed by atoms with van der Waals surface area (Å²) in [6.07, 6.45) is 0. The van der Waals surface area contributed by atoms with Crippen LogP contribution in [-0.2, 0) is 0 Å². The maximum atomic E-state index is 14.3. The Bertz CT molecular complexity index is 4110. The highest BCUT2D eigenvalue weighted by Gasteiger charge is 2.29. The van der Waals surface area contributed by atoms with E-state index in [1.165, 1.54) is 0 Å². The fourth-order valence-electron chi connectivity index (χ4n) is 11.5. The molecular weight excluding hydrogens is 993 g/mol. The van der Waals surface area contributed by atoms with Crippen molar-refractivity contribution in [3.8, 4) is 111 Å². The summed E-state index contributed by atoms with van der Waals surface area (Å²) >= 11 is 0. The Morgan fingerprint density at radius 1 is 0.146 bits per heavy atom. The highest BCUT2D eigenvalue weighted by Crippen LogP contribution is 2.56. The summed E-state index contributed by atoms with van der Waals surface area (Å²) in [6, 6.07) is 113. The van der Waals surface area contributed by atoms with Crippen LogP contribution >= 0.6 is 0 Å². The molecule has 0 bridgehead atoms. The van der Waals surface area contributed by atoms with Gasteiger partial charge in [-0.05, 0) is 136 Å². The Morgan fingerprint density at radius 3 is 0.524 bits per heavy atom. The van der Waals surface area contributed by atoms with E-state index < -0.39 is 0 Å². The summed E-state index contributed by atoms with van der Waals surface area (Å²) in [7, 11) is 0. The van der Waals surface area contributed by atoms with E-state index >= 15 is 0 Å². The van der Waals surface area contributed by atoms with Crippen molar-refractivity contribution in [1.29, 1.82) is 0 Å². The first kappa shape index (κ1) is 50.7. The van der Waals surface area contributed by atoms with Gasteiger partial charge in [0, 0.05) is 22.3 Å². The molecule has 0 saturated heterocycles. The third kappa shape index (κ3) is 10.3. The number of rotatable bonds is 14. The van der Waals surface area contributed by atoms with Gasteiger partial charge in [-0.25, -0.2) is 0 Å². The summed E-state index contributed by atoms with van der Waals surface area (Å²) in [5.74, 6) is -0.0448. The summed E-state index contributed by atoms with van der Waals surface area (Å²) in [5.41, 5.74) is 23.8. The second-order valence-electron chi connectivity index (χ2n) is 20.6. The average molecular weight is 1050 g/mol. The lowest BCUT2D eigenvalue weighted by molar-refractivity contribution is 0.103. The molecule has 386 valence electrons. The van der Waals surface area contributed by atoms with E-state index in [1.54, 1.807) is 0 Å². The second-order valence-corrected chi connectivity index (χ2v) is 20.6. The van der Waals surface area contributed by atoms with Crippen molar-refractivity contribution in [1.82, 2.24) is 0 Å². The van der Waals surface area contributed by atoms with Crippen LogP contribution in [0.4, 0.5) is 0 Å². The summed E-state index contributed by atoms with van der Waals surface area (Å²) in [6.45, 7) is 0. The Morgan fingerprint density at radius 2 is 0.305 bits per heavy atom. The van der Waals surface area contributed by atoms with Crippen LogP contribution in [0.3, 0.4) is 0 Å². The lowest BCUT2D eigenvalue weighted by atomic mass is 9.74. The molecule has 0 atom stereocenters. The van der Waals surface area contributed by atoms with Gasteiger partial charge in [0.1, 0.15) is 0 Å². The Kier molecular flexibility index (Phi) is 14.1. The minimum atomic E-state index is -0.0224. The molecule has 13 rings (SSSR count). The smallest absolute Gasteiger partial charge is 0.193 e. The van der Waals surface area contributed by atoms with E-state index in [0.29, 0.717) is 22.3 Å². The van der Waals surface area contributed by atoms with Gasteiger partial charge >= 0.3 is 0 Å². The number of carbonyl (C=O) groups excluding carboxylic acids is 2. The summed E-state index contributed by atoms with van der Waals surface area (Å²) < 4.78 is 0. The van der Waals surface area contributed by atoms with Gasteiger partial charge in [0.25, 0.3) is 0 Å². The lowest BCUT2D eigenvalue weighted by Crippen LogP contribution is -2.02. The maximum absolute atomic E-state index is 14.3. The van der Waals surface area contributed by atoms with E-state index in [-0.39, 0.29) is 11.6 Å². The van der Waals surface area contributed by atoms with E-state index in [9.17, 15) is 9.59 Å². The number of carbonyl (C=O) groups is 2. The molecular formula is C80H54O2. The summed E-state index contributed by atoms with van der Waals surface area (Å²) in [5, 5.41) is 0. The summed E-state index contributed by atoms with van der Waals surface area (Å²) in [4.78, 5) is 28.5. The van der Waals surface area contributed by atoms with Crippen LogP contribution in [0, 0.1) is 0 Å². The molecule has 82 heavy (non-hydrogen) atoms. The minimum absolute atomic E-state index is 0.0224. The molecule has 13 aromatic rings. The first-order chi connectivity index (χ1) is 40.5. The first-order valence-corrected chi connectivity index (χ1v) is 27.8. The van der Waals surface area contributed by atoms with Crippen molar-refractivity contribution in [2.24, 2.45) is 0 Å². The third-order valence-corrected chi connectivity index (χ3v) is 15.5. The van der Waals surface area contributed by atoms with Crippen LogP contribution in [-0.4, -0.2) is 11.6 Å². The Labute approximate surface area is 479 Å². The van der Waals surface area contributed by atoms with Gasteiger partial charge < -0.3 is 0 Å². The maximum Gasteiger partial charge on any atom is 0.193 e. The van der Waals surface area contributed by atoms with Crippen molar-refractivity contribution in [3.63, 3.8) is 0 Å². The van der Waals surface area contributed by atoms with Crippen LogP contribution in [0.25, 0.3) is 111 Å². The zero-order valence-electron chi connectivity index (χ0n) is 45.0. The van der Waals surface area contributed by atoms with E-state index in [0.717, 1.165) is 111 Å². The molecule has 0 heterocycles. The zero-order chi connectivity index (χ0) is 55.2. The standard InChI is InChI=1S/C80H54O2/c81-79(69-39-19-35-65(51-69)55-23-7-1-8-24-55)71-41-21-37-67(53-71)57-43-47-63(48-44-57)77-75(61-31-15-5-16-32-61)73(59-27-11-3-12-28-59)74(60-29-13-4-14-30-60)76(62-33-17-6-18-34-62)78(77)64-49-45-58(46-50-64)68-38-22-42-72(54-68)80(82)70-40-20-36-66(52-70)56-25-9-2-10-26-56/h1-54H. The molecule has 0 aliphatic rings. The largest absolute Gasteiger partial charge is 0.289 e. The zero-order valence-corrected chi connectivity index (χ0v) is 45.0. The minimum Gasteiger partial charge on any atom is -0.289 e. The highest BCUT2D eigenvalue weighted by molar-refractivity contribution is 6.16. The van der Waals surface area contributed by atoms with Crippen LogP contribution in [0.2, 0.25) is 0 Å². The predicted octanol–water partition coefficient (Wildman–Crippen LogP) is 20.8. The Balaban J connectivity index is 0.985. The van der Waals surface area contributed by atoms with Gasteiger partial charge in [0.15, 0.2) is 11.6 Å². The average Bonchev–Trinajstić information content (AvgIpc) is 2.52. The molecule has 0 fully saturated rings. The highest BCUT2D eigenvalue weighted by atomic mass is 16.1. The van der Waals surface area contributed by atoms with Crippen molar-refractivity contribution in [2.75, 3.05) is 0 Å². The van der Waals surface area contributed by atoms with Crippen LogP contribution in [0.1, 0.15) is 31.8 Å². The van der Waals surface area contributed by atoms with E-state index in [1.807, 2.05) is 121 Å². The normalized spacial score (nSPS) is 11.0. The van der Waals surface area contributed by atoms with Crippen molar-refractivity contribution >= 4 is 11.6 Å². The Hall–Kier alpha value is -10.8. The molecule has 0 spiro atoms. The van der Waals surface area contributed by atoms with Gasteiger partial charge in [-0.1, -0.05) is 303 Å². The SMILES string of the molecule is O=C(c1cccc(-c2ccccc2)c1)c1cccc(-c2ccc(-c3c(-c4ccccc4)c(-c4ccccc4)c(-c4ccccc4)c(-c4ccccc4)c3-c3ccc(-c4cccc(C(=O)c5cccc(-c6ccccc6)c5)c4)cc3)cc2)c1. The van der Waals surface area contributed by atoms with E-state index in [4.69, 9.17) is 0 Å². The lowest BCUT2D eigenvalue weighted by Gasteiger charge is -2.29. The molecule has 0 unspecified atom stereocenters.